The molecule has 25 heavy (non-hydrogen) atoms. The molecular formula is C19H26N4O2. The molecule has 1 amide bonds. The SMILES string of the molecule is CN(C)c1cc(C(=O)NC[C@H](c2ccco2)N2CCCCC2)ccn1. The highest BCUT2D eigenvalue weighted by Gasteiger charge is 2.25. The van der Waals surface area contributed by atoms with E-state index in [0.717, 1.165) is 24.7 Å². The van der Waals surface area contributed by atoms with Crippen LogP contribution in [0.3, 0.4) is 0 Å². The van der Waals surface area contributed by atoms with Crippen molar-refractivity contribution in [2.75, 3.05) is 38.6 Å². The van der Waals surface area contributed by atoms with Gasteiger partial charge in [-0.2, -0.15) is 0 Å². The maximum Gasteiger partial charge on any atom is 0.251 e. The number of nitrogens with zero attached hydrogens (tertiary/aromatic N) is 3. The van der Waals surface area contributed by atoms with E-state index < -0.39 is 0 Å². The van der Waals surface area contributed by atoms with Crippen molar-refractivity contribution >= 4 is 11.7 Å². The van der Waals surface area contributed by atoms with Crippen LogP contribution in [0, 0.1) is 0 Å². The average Bonchev–Trinajstić information content (AvgIpc) is 3.17. The first-order valence-corrected chi connectivity index (χ1v) is 8.84. The van der Waals surface area contributed by atoms with Crippen molar-refractivity contribution in [3.05, 3.63) is 48.0 Å². The van der Waals surface area contributed by atoms with Gasteiger partial charge in [-0.3, -0.25) is 9.69 Å². The fraction of sp³-hybridized carbons (Fsp3) is 0.474. The third-order valence-electron chi connectivity index (χ3n) is 4.62. The van der Waals surface area contributed by atoms with E-state index in [1.807, 2.05) is 31.1 Å². The first-order chi connectivity index (χ1) is 12.1. The average molecular weight is 342 g/mol. The number of hydrogen-bond donors (Lipinski definition) is 1. The number of carbonyl (C=O) groups is 1. The molecule has 3 rings (SSSR count). The third kappa shape index (κ3) is 4.39. The second-order valence-electron chi connectivity index (χ2n) is 6.64. The van der Waals surface area contributed by atoms with Crippen LogP contribution in [-0.4, -0.2) is 49.5 Å². The summed E-state index contributed by atoms with van der Waals surface area (Å²) in [6.45, 7) is 2.62. The minimum Gasteiger partial charge on any atom is -0.468 e. The van der Waals surface area contributed by atoms with Gasteiger partial charge in [0.15, 0.2) is 0 Å². The van der Waals surface area contributed by atoms with E-state index in [2.05, 4.69) is 15.2 Å². The normalized spacial score (nSPS) is 16.4. The summed E-state index contributed by atoms with van der Waals surface area (Å²) in [5.74, 6) is 1.59. The zero-order chi connectivity index (χ0) is 17.6. The van der Waals surface area contributed by atoms with E-state index in [0.29, 0.717) is 12.1 Å². The fourth-order valence-electron chi connectivity index (χ4n) is 3.22. The summed E-state index contributed by atoms with van der Waals surface area (Å²) in [6, 6.07) is 7.51. The molecule has 1 aliphatic rings. The summed E-state index contributed by atoms with van der Waals surface area (Å²) in [4.78, 5) is 21.1. The Morgan fingerprint density at radius 1 is 1.32 bits per heavy atom. The van der Waals surface area contributed by atoms with Gasteiger partial charge in [0, 0.05) is 32.4 Å². The third-order valence-corrected chi connectivity index (χ3v) is 4.62. The molecule has 1 aliphatic heterocycles. The van der Waals surface area contributed by atoms with Crippen LogP contribution in [0.25, 0.3) is 0 Å². The molecule has 0 aliphatic carbocycles. The lowest BCUT2D eigenvalue weighted by atomic mass is 10.1. The number of nitrogens with one attached hydrogen (secondary N) is 1. The van der Waals surface area contributed by atoms with Crippen LogP contribution in [0.1, 0.15) is 41.4 Å². The molecule has 0 radical (unpaired) electrons. The van der Waals surface area contributed by atoms with Crippen LogP contribution in [-0.2, 0) is 0 Å². The Morgan fingerprint density at radius 3 is 2.80 bits per heavy atom. The molecule has 0 bridgehead atoms. The van der Waals surface area contributed by atoms with Crippen LogP contribution in [0.15, 0.2) is 41.1 Å². The maximum atomic E-state index is 12.6. The predicted octanol–water partition coefficient (Wildman–Crippen LogP) is 2.70. The number of carbonyl (C=O) groups excluding carboxylic acids is 1. The number of pyridine rings is 1. The van der Waals surface area contributed by atoms with Crippen molar-refractivity contribution in [3.63, 3.8) is 0 Å². The number of hydrogen-bond acceptors (Lipinski definition) is 5. The lowest BCUT2D eigenvalue weighted by Crippen LogP contribution is -2.40. The van der Waals surface area contributed by atoms with Gasteiger partial charge in [-0.15, -0.1) is 0 Å². The zero-order valence-corrected chi connectivity index (χ0v) is 14.9. The quantitative estimate of drug-likeness (QED) is 0.874. The van der Waals surface area contributed by atoms with Gasteiger partial charge in [-0.25, -0.2) is 4.98 Å². The Bertz CT molecular complexity index is 678. The molecular weight excluding hydrogens is 316 g/mol. The topological polar surface area (TPSA) is 61.6 Å². The molecule has 1 N–H and O–H groups in total. The van der Waals surface area contributed by atoms with E-state index in [-0.39, 0.29) is 11.9 Å². The lowest BCUT2D eigenvalue weighted by Gasteiger charge is -2.33. The minimum absolute atomic E-state index is 0.0782. The number of rotatable bonds is 6. The predicted molar refractivity (Wildman–Crippen MR) is 97.8 cm³/mol. The molecule has 6 nitrogen and oxygen atoms in total. The number of piperidine rings is 1. The summed E-state index contributed by atoms with van der Waals surface area (Å²) in [5.41, 5.74) is 0.621. The minimum atomic E-state index is -0.0842. The molecule has 0 saturated carbocycles. The smallest absolute Gasteiger partial charge is 0.251 e. The van der Waals surface area contributed by atoms with E-state index in [1.165, 1.54) is 19.3 Å². The van der Waals surface area contributed by atoms with Gasteiger partial charge in [-0.1, -0.05) is 6.42 Å². The Hall–Kier alpha value is -2.34. The van der Waals surface area contributed by atoms with Crippen molar-refractivity contribution in [2.24, 2.45) is 0 Å². The first-order valence-electron chi connectivity index (χ1n) is 8.84. The molecule has 6 heteroatoms. The monoisotopic (exact) mass is 342 g/mol. The van der Waals surface area contributed by atoms with Crippen LogP contribution < -0.4 is 10.2 Å². The number of furan rings is 1. The van der Waals surface area contributed by atoms with Crippen LogP contribution in [0.4, 0.5) is 5.82 Å². The molecule has 1 saturated heterocycles. The number of likely N-dealkylation sites (tertiary alicyclic amines) is 1. The van der Waals surface area contributed by atoms with Crippen molar-refractivity contribution in [1.29, 1.82) is 0 Å². The molecule has 0 unspecified atom stereocenters. The summed E-state index contributed by atoms with van der Waals surface area (Å²) in [6.07, 6.45) is 7.03. The highest BCUT2D eigenvalue weighted by Crippen LogP contribution is 2.24. The van der Waals surface area contributed by atoms with E-state index in [1.54, 1.807) is 24.6 Å². The van der Waals surface area contributed by atoms with E-state index >= 15 is 0 Å². The molecule has 134 valence electrons. The van der Waals surface area contributed by atoms with E-state index in [9.17, 15) is 4.79 Å². The molecule has 2 aromatic heterocycles. The van der Waals surface area contributed by atoms with Crippen LogP contribution >= 0.6 is 0 Å². The second-order valence-corrected chi connectivity index (χ2v) is 6.64. The summed E-state index contributed by atoms with van der Waals surface area (Å²) >= 11 is 0. The Kier molecular flexibility index (Phi) is 5.71. The molecule has 1 atom stereocenters. The standard InChI is InChI=1S/C19H26N4O2/c1-22(2)18-13-15(8-9-20-18)19(24)21-14-16(17-7-6-12-25-17)23-10-4-3-5-11-23/h6-9,12-13,16H,3-5,10-11,14H2,1-2H3,(H,21,24)/t16-/m1/s1. The molecule has 0 spiro atoms. The Morgan fingerprint density at radius 2 is 2.12 bits per heavy atom. The number of amides is 1. The highest BCUT2D eigenvalue weighted by atomic mass is 16.3. The molecule has 1 fully saturated rings. The van der Waals surface area contributed by atoms with Gasteiger partial charge in [0.1, 0.15) is 11.6 Å². The summed E-state index contributed by atoms with van der Waals surface area (Å²) < 4.78 is 5.63. The van der Waals surface area contributed by atoms with Crippen molar-refractivity contribution < 1.29 is 9.21 Å². The fourth-order valence-corrected chi connectivity index (χ4v) is 3.22. The first kappa shape index (κ1) is 17.5. The van der Waals surface area contributed by atoms with Crippen LogP contribution in [0.2, 0.25) is 0 Å². The van der Waals surface area contributed by atoms with Gasteiger partial charge in [-0.05, 0) is 50.2 Å². The molecule has 3 heterocycles. The van der Waals surface area contributed by atoms with Gasteiger partial charge < -0.3 is 14.6 Å². The summed E-state index contributed by atoms with van der Waals surface area (Å²) in [5, 5.41) is 3.06. The second kappa shape index (κ2) is 8.16. The highest BCUT2D eigenvalue weighted by molar-refractivity contribution is 5.94. The van der Waals surface area contributed by atoms with Gasteiger partial charge in [0.05, 0.1) is 12.3 Å². The summed E-state index contributed by atoms with van der Waals surface area (Å²) in [7, 11) is 3.82. The van der Waals surface area contributed by atoms with Gasteiger partial charge in [0.2, 0.25) is 0 Å². The van der Waals surface area contributed by atoms with Crippen molar-refractivity contribution in [1.82, 2.24) is 15.2 Å². The maximum absolute atomic E-state index is 12.6. The van der Waals surface area contributed by atoms with Crippen molar-refractivity contribution in [3.8, 4) is 0 Å². The Balaban J connectivity index is 1.68. The van der Waals surface area contributed by atoms with Gasteiger partial charge >= 0.3 is 0 Å². The number of anilines is 1. The molecule has 0 aromatic carbocycles. The number of aromatic nitrogens is 1. The Labute approximate surface area is 148 Å². The van der Waals surface area contributed by atoms with E-state index in [4.69, 9.17) is 4.42 Å². The largest absolute Gasteiger partial charge is 0.468 e. The molecule has 2 aromatic rings. The van der Waals surface area contributed by atoms with Crippen molar-refractivity contribution in [2.45, 2.75) is 25.3 Å². The zero-order valence-electron chi connectivity index (χ0n) is 14.9. The van der Waals surface area contributed by atoms with Gasteiger partial charge in [0.25, 0.3) is 5.91 Å². The van der Waals surface area contributed by atoms with Crippen LogP contribution in [0.5, 0.6) is 0 Å². The lowest BCUT2D eigenvalue weighted by molar-refractivity contribution is 0.0914.